The van der Waals surface area contributed by atoms with Gasteiger partial charge in [0.25, 0.3) is 0 Å². The molecule has 0 atom stereocenters. The maximum Gasteiger partial charge on any atom is 0.0414 e. The molecule has 92 valence electrons. The Balaban J connectivity index is 1.77. The highest BCUT2D eigenvalue weighted by atomic mass is 15.1. The van der Waals surface area contributed by atoms with Gasteiger partial charge < -0.3 is 5.73 Å². The predicted octanol–water partition coefficient (Wildman–Crippen LogP) is 2.62. The van der Waals surface area contributed by atoms with Gasteiger partial charge in [-0.15, -0.1) is 0 Å². The monoisotopic (exact) mass is 230 g/mol. The van der Waals surface area contributed by atoms with Crippen LogP contribution in [0.2, 0.25) is 0 Å². The minimum Gasteiger partial charge on any atom is -0.321 e. The van der Waals surface area contributed by atoms with Gasteiger partial charge in [-0.1, -0.05) is 30.7 Å². The van der Waals surface area contributed by atoms with Crippen molar-refractivity contribution in [2.45, 2.75) is 44.2 Å². The first-order valence-electron chi connectivity index (χ1n) is 6.88. The number of hydrogen-bond donors (Lipinski definition) is 1. The van der Waals surface area contributed by atoms with E-state index in [-0.39, 0.29) is 5.54 Å². The Morgan fingerprint density at radius 2 is 1.76 bits per heavy atom. The van der Waals surface area contributed by atoms with Gasteiger partial charge >= 0.3 is 0 Å². The molecule has 2 aliphatic rings. The van der Waals surface area contributed by atoms with Gasteiger partial charge in [-0.2, -0.15) is 0 Å². The van der Waals surface area contributed by atoms with E-state index in [2.05, 4.69) is 29.2 Å². The summed E-state index contributed by atoms with van der Waals surface area (Å²) in [5, 5.41) is 0. The number of hydrogen-bond acceptors (Lipinski definition) is 2. The lowest BCUT2D eigenvalue weighted by Crippen LogP contribution is -2.30. The maximum atomic E-state index is 6.36. The van der Waals surface area contributed by atoms with E-state index in [1.54, 1.807) is 0 Å². The molecule has 3 rings (SSSR count). The van der Waals surface area contributed by atoms with Crippen LogP contribution >= 0.6 is 0 Å². The van der Waals surface area contributed by atoms with Crippen molar-refractivity contribution in [3.05, 3.63) is 35.4 Å². The average molecular weight is 230 g/mol. The van der Waals surface area contributed by atoms with Crippen molar-refractivity contribution in [1.82, 2.24) is 4.90 Å². The Morgan fingerprint density at radius 3 is 2.47 bits per heavy atom. The average Bonchev–Trinajstić information content (AvgIpc) is 3.10. The summed E-state index contributed by atoms with van der Waals surface area (Å²) in [5.74, 6) is 0. The molecular weight excluding hydrogens is 208 g/mol. The maximum absolute atomic E-state index is 6.36. The molecule has 1 heterocycles. The fraction of sp³-hybridized carbons (Fsp3) is 0.600. The normalized spacial score (nSPS) is 23.6. The largest absolute Gasteiger partial charge is 0.321 e. The van der Waals surface area contributed by atoms with Gasteiger partial charge in [0, 0.05) is 12.1 Å². The van der Waals surface area contributed by atoms with Gasteiger partial charge in [-0.25, -0.2) is 0 Å². The number of nitrogens with zero attached hydrogens (tertiary/aromatic N) is 1. The standard InChI is InChI=1S/C15H22N2/c16-15(8-9-15)14-7-3-2-6-13(14)12-17-10-4-1-5-11-17/h2-3,6-7H,1,4-5,8-12,16H2. The Labute approximate surface area is 104 Å². The predicted molar refractivity (Wildman–Crippen MR) is 70.7 cm³/mol. The van der Waals surface area contributed by atoms with Crippen LogP contribution in [0.15, 0.2) is 24.3 Å². The molecule has 2 fully saturated rings. The lowest BCUT2D eigenvalue weighted by Gasteiger charge is -2.28. The molecule has 2 heteroatoms. The Hall–Kier alpha value is -0.860. The second-order valence-electron chi connectivity index (χ2n) is 5.65. The van der Waals surface area contributed by atoms with Crippen LogP contribution in [-0.4, -0.2) is 18.0 Å². The summed E-state index contributed by atoms with van der Waals surface area (Å²) in [7, 11) is 0. The molecule has 2 N–H and O–H groups in total. The highest BCUT2D eigenvalue weighted by Crippen LogP contribution is 2.44. The van der Waals surface area contributed by atoms with Crippen molar-refractivity contribution >= 4 is 0 Å². The van der Waals surface area contributed by atoms with Gasteiger partial charge in [-0.05, 0) is 49.9 Å². The van der Waals surface area contributed by atoms with E-state index in [0.717, 1.165) is 19.4 Å². The van der Waals surface area contributed by atoms with Gasteiger partial charge in [0.1, 0.15) is 0 Å². The van der Waals surface area contributed by atoms with Crippen LogP contribution in [0, 0.1) is 0 Å². The van der Waals surface area contributed by atoms with E-state index in [4.69, 9.17) is 5.73 Å². The third kappa shape index (κ3) is 2.38. The molecule has 17 heavy (non-hydrogen) atoms. The van der Waals surface area contributed by atoms with E-state index in [0.29, 0.717) is 0 Å². The third-order valence-electron chi connectivity index (χ3n) is 4.19. The van der Waals surface area contributed by atoms with Crippen molar-refractivity contribution in [2.24, 2.45) is 5.73 Å². The van der Waals surface area contributed by atoms with Gasteiger partial charge in [0.05, 0.1) is 0 Å². The fourth-order valence-electron chi connectivity index (χ4n) is 2.91. The van der Waals surface area contributed by atoms with Crippen molar-refractivity contribution in [3.8, 4) is 0 Å². The number of likely N-dealkylation sites (tertiary alicyclic amines) is 1. The quantitative estimate of drug-likeness (QED) is 0.865. The molecule has 0 bridgehead atoms. The third-order valence-corrected chi connectivity index (χ3v) is 4.19. The van der Waals surface area contributed by atoms with E-state index in [1.165, 1.54) is 43.5 Å². The summed E-state index contributed by atoms with van der Waals surface area (Å²) in [6.07, 6.45) is 6.43. The van der Waals surface area contributed by atoms with Crippen molar-refractivity contribution in [2.75, 3.05) is 13.1 Å². The summed E-state index contributed by atoms with van der Waals surface area (Å²) in [6, 6.07) is 8.76. The molecule has 0 radical (unpaired) electrons. The summed E-state index contributed by atoms with van der Waals surface area (Å²) >= 11 is 0. The van der Waals surface area contributed by atoms with Gasteiger partial charge in [0.2, 0.25) is 0 Å². The van der Waals surface area contributed by atoms with Crippen molar-refractivity contribution in [1.29, 1.82) is 0 Å². The van der Waals surface area contributed by atoms with Crippen LogP contribution in [0.5, 0.6) is 0 Å². The summed E-state index contributed by atoms with van der Waals surface area (Å²) in [4.78, 5) is 2.58. The van der Waals surface area contributed by atoms with Crippen LogP contribution in [-0.2, 0) is 12.1 Å². The summed E-state index contributed by atoms with van der Waals surface area (Å²) in [5.41, 5.74) is 9.21. The van der Waals surface area contributed by atoms with E-state index >= 15 is 0 Å². The van der Waals surface area contributed by atoms with Gasteiger partial charge in [-0.3, -0.25) is 4.90 Å². The molecule has 1 aliphatic heterocycles. The van der Waals surface area contributed by atoms with Crippen LogP contribution in [0.1, 0.15) is 43.2 Å². The molecule has 1 aliphatic carbocycles. The Morgan fingerprint density at radius 1 is 1.06 bits per heavy atom. The number of benzene rings is 1. The molecule has 1 aromatic carbocycles. The van der Waals surface area contributed by atoms with Gasteiger partial charge in [0.15, 0.2) is 0 Å². The summed E-state index contributed by atoms with van der Waals surface area (Å²) < 4.78 is 0. The van der Waals surface area contributed by atoms with Crippen molar-refractivity contribution < 1.29 is 0 Å². The first-order chi connectivity index (χ1) is 8.28. The molecule has 2 nitrogen and oxygen atoms in total. The topological polar surface area (TPSA) is 29.3 Å². The lowest BCUT2D eigenvalue weighted by molar-refractivity contribution is 0.220. The van der Waals surface area contributed by atoms with Crippen molar-refractivity contribution in [3.63, 3.8) is 0 Å². The Kier molecular flexibility index (Phi) is 2.93. The first-order valence-corrected chi connectivity index (χ1v) is 6.88. The molecule has 1 saturated heterocycles. The van der Waals surface area contributed by atoms with E-state index in [9.17, 15) is 0 Å². The minimum absolute atomic E-state index is 0.00633. The lowest BCUT2D eigenvalue weighted by atomic mass is 9.98. The number of nitrogens with two attached hydrogens (primary N) is 1. The molecule has 0 aromatic heterocycles. The highest BCUT2D eigenvalue weighted by molar-refractivity contribution is 5.37. The van der Waals surface area contributed by atoms with Crippen LogP contribution in [0.3, 0.4) is 0 Å². The number of rotatable bonds is 3. The zero-order valence-corrected chi connectivity index (χ0v) is 10.5. The molecule has 0 amide bonds. The molecular formula is C15H22N2. The van der Waals surface area contributed by atoms with Crippen LogP contribution in [0.4, 0.5) is 0 Å². The molecule has 0 unspecified atom stereocenters. The second-order valence-corrected chi connectivity index (χ2v) is 5.65. The second kappa shape index (κ2) is 4.43. The zero-order valence-electron chi connectivity index (χ0n) is 10.5. The molecule has 1 aromatic rings. The zero-order chi connectivity index (χ0) is 11.7. The van der Waals surface area contributed by atoms with Crippen LogP contribution in [0.25, 0.3) is 0 Å². The first kappa shape index (κ1) is 11.2. The number of piperidine rings is 1. The van der Waals surface area contributed by atoms with Crippen LogP contribution < -0.4 is 5.73 Å². The summed E-state index contributed by atoms with van der Waals surface area (Å²) in [6.45, 7) is 3.60. The smallest absolute Gasteiger partial charge is 0.0414 e. The molecule has 1 saturated carbocycles. The Bertz CT molecular complexity index is 390. The van der Waals surface area contributed by atoms with E-state index in [1.807, 2.05) is 0 Å². The fourth-order valence-corrected chi connectivity index (χ4v) is 2.91. The van der Waals surface area contributed by atoms with E-state index < -0.39 is 0 Å². The highest BCUT2D eigenvalue weighted by Gasteiger charge is 2.41. The minimum atomic E-state index is 0.00633. The molecule has 0 spiro atoms. The SMILES string of the molecule is NC1(c2ccccc2CN2CCCCC2)CC1.